The van der Waals surface area contributed by atoms with Gasteiger partial charge in [0.2, 0.25) is 0 Å². The van der Waals surface area contributed by atoms with Crippen LogP contribution in [0.3, 0.4) is 0 Å². The van der Waals surface area contributed by atoms with Crippen molar-refractivity contribution in [3.8, 4) is 0 Å². The second-order valence-corrected chi connectivity index (χ2v) is 6.32. The molecule has 4 aromatic rings. The third kappa shape index (κ3) is 2.36. The Hall–Kier alpha value is -2.71. The number of aliphatic hydroxyl groups excluding tert-OH is 1. The van der Waals surface area contributed by atoms with Gasteiger partial charge in [0.1, 0.15) is 6.10 Å². The normalized spacial score (nSPS) is 12.6. The molecule has 0 spiro atoms. The first kappa shape index (κ1) is 14.9. The molecule has 2 nitrogen and oxygen atoms in total. The van der Waals surface area contributed by atoms with Crippen molar-refractivity contribution < 1.29 is 5.11 Å². The van der Waals surface area contributed by atoms with Crippen LogP contribution in [0.1, 0.15) is 28.5 Å². The maximum atomic E-state index is 11.1. The lowest BCUT2D eigenvalue weighted by molar-refractivity contribution is 0.218. The lowest BCUT2D eigenvalue weighted by atomic mass is 9.94. The van der Waals surface area contributed by atoms with Crippen LogP contribution in [0.5, 0.6) is 0 Å². The zero-order valence-electron chi connectivity index (χ0n) is 13.8. The third-order valence-electron chi connectivity index (χ3n) is 4.79. The summed E-state index contributed by atoms with van der Waals surface area (Å²) < 4.78 is 0. The molecule has 4 rings (SSSR count). The maximum Gasteiger partial charge on any atom is 0.122 e. The second kappa shape index (κ2) is 5.73. The molecule has 1 aromatic heterocycles. The van der Waals surface area contributed by atoms with Crippen molar-refractivity contribution >= 4 is 21.5 Å². The topological polar surface area (TPSA) is 33.1 Å². The van der Waals surface area contributed by atoms with Crippen LogP contribution in [-0.2, 0) is 0 Å². The van der Waals surface area contributed by atoms with Gasteiger partial charge in [-0.15, -0.1) is 0 Å². The number of hydrogen-bond acceptors (Lipinski definition) is 2. The summed E-state index contributed by atoms with van der Waals surface area (Å²) in [6.07, 6.45) is 1.03. The molecule has 0 aliphatic rings. The summed E-state index contributed by atoms with van der Waals surface area (Å²) in [6.45, 7) is 4.20. The Morgan fingerprint density at radius 3 is 2.42 bits per heavy atom. The summed E-state index contributed by atoms with van der Waals surface area (Å²) in [4.78, 5) is 4.51. The number of rotatable bonds is 2. The number of benzene rings is 3. The molecule has 0 radical (unpaired) electrons. The predicted octanol–water partition coefficient (Wildman–Crippen LogP) is 5.09. The minimum absolute atomic E-state index is 0.715. The lowest BCUT2D eigenvalue weighted by Gasteiger charge is -2.16. The zero-order chi connectivity index (χ0) is 16.7. The van der Waals surface area contributed by atoms with E-state index < -0.39 is 6.10 Å². The predicted molar refractivity (Wildman–Crippen MR) is 99.2 cm³/mol. The van der Waals surface area contributed by atoms with Crippen LogP contribution in [0.4, 0.5) is 0 Å². The SMILES string of the molecule is Cc1cc2ccnc(C(O)c3cccc4ccccc34)c2cc1C. The molecule has 1 atom stereocenters. The van der Waals surface area contributed by atoms with Crippen molar-refractivity contribution in [1.29, 1.82) is 0 Å². The highest BCUT2D eigenvalue weighted by Gasteiger charge is 2.17. The Bertz CT molecular complexity index is 1050. The van der Waals surface area contributed by atoms with Crippen molar-refractivity contribution in [2.45, 2.75) is 20.0 Å². The summed E-state index contributed by atoms with van der Waals surface area (Å²) in [5.74, 6) is 0. The largest absolute Gasteiger partial charge is 0.382 e. The molecule has 2 heteroatoms. The molecule has 3 aromatic carbocycles. The third-order valence-corrected chi connectivity index (χ3v) is 4.79. The number of aryl methyl sites for hydroxylation is 2. The quantitative estimate of drug-likeness (QED) is 0.559. The van der Waals surface area contributed by atoms with E-state index in [1.807, 2.05) is 30.3 Å². The first-order valence-corrected chi connectivity index (χ1v) is 8.17. The smallest absolute Gasteiger partial charge is 0.122 e. The highest BCUT2D eigenvalue weighted by Crippen LogP contribution is 2.32. The Morgan fingerprint density at radius 2 is 1.54 bits per heavy atom. The summed E-state index contributed by atoms with van der Waals surface area (Å²) >= 11 is 0. The molecule has 0 amide bonds. The van der Waals surface area contributed by atoms with Gasteiger partial charge in [-0.05, 0) is 58.8 Å². The zero-order valence-corrected chi connectivity index (χ0v) is 13.8. The molecule has 0 aliphatic heterocycles. The second-order valence-electron chi connectivity index (χ2n) is 6.32. The van der Waals surface area contributed by atoms with Crippen molar-refractivity contribution in [1.82, 2.24) is 4.98 Å². The van der Waals surface area contributed by atoms with Crippen LogP contribution >= 0.6 is 0 Å². The van der Waals surface area contributed by atoms with Crippen LogP contribution in [-0.4, -0.2) is 10.1 Å². The van der Waals surface area contributed by atoms with Gasteiger partial charge in [-0.3, -0.25) is 4.98 Å². The Morgan fingerprint density at radius 1 is 0.792 bits per heavy atom. The number of fused-ring (bicyclic) bond motifs is 2. The van der Waals surface area contributed by atoms with E-state index in [0.717, 1.165) is 27.1 Å². The van der Waals surface area contributed by atoms with Crippen molar-refractivity contribution in [2.75, 3.05) is 0 Å². The summed E-state index contributed by atoms with van der Waals surface area (Å²) in [6, 6.07) is 20.5. The van der Waals surface area contributed by atoms with Crippen LogP contribution in [0.25, 0.3) is 21.5 Å². The average Bonchev–Trinajstić information content (AvgIpc) is 2.61. The maximum absolute atomic E-state index is 11.1. The molecular formula is C22H19NO. The molecule has 0 aliphatic carbocycles. The monoisotopic (exact) mass is 313 g/mol. The van der Waals surface area contributed by atoms with Gasteiger partial charge in [-0.25, -0.2) is 0 Å². The summed E-state index contributed by atoms with van der Waals surface area (Å²) in [5.41, 5.74) is 4.07. The van der Waals surface area contributed by atoms with E-state index in [4.69, 9.17) is 0 Å². The van der Waals surface area contributed by atoms with E-state index >= 15 is 0 Å². The van der Waals surface area contributed by atoms with E-state index in [0.29, 0.717) is 5.69 Å². The number of hydrogen-bond donors (Lipinski definition) is 1. The molecule has 118 valence electrons. The van der Waals surface area contributed by atoms with Gasteiger partial charge in [0.15, 0.2) is 0 Å². The molecule has 1 heterocycles. The standard InChI is InChI=1S/C22H19NO/c1-14-12-17-10-11-23-21(20(17)13-15(14)2)22(24)19-9-5-7-16-6-3-4-8-18(16)19/h3-13,22,24H,1-2H3. The van der Waals surface area contributed by atoms with Crippen LogP contribution in [0, 0.1) is 13.8 Å². The van der Waals surface area contributed by atoms with Gasteiger partial charge < -0.3 is 5.11 Å². The van der Waals surface area contributed by atoms with Crippen molar-refractivity contribution in [3.63, 3.8) is 0 Å². The fourth-order valence-corrected chi connectivity index (χ4v) is 3.32. The fraction of sp³-hybridized carbons (Fsp3) is 0.136. The molecule has 0 fully saturated rings. The first-order chi connectivity index (χ1) is 11.6. The van der Waals surface area contributed by atoms with Crippen LogP contribution in [0.2, 0.25) is 0 Å². The molecule has 0 saturated heterocycles. The molecule has 0 bridgehead atoms. The molecular weight excluding hydrogens is 294 g/mol. The number of aliphatic hydroxyl groups is 1. The number of aromatic nitrogens is 1. The minimum Gasteiger partial charge on any atom is -0.382 e. The fourth-order valence-electron chi connectivity index (χ4n) is 3.32. The van der Waals surface area contributed by atoms with Gasteiger partial charge >= 0.3 is 0 Å². The minimum atomic E-state index is -0.748. The molecule has 24 heavy (non-hydrogen) atoms. The van der Waals surface area contributed by atoms with Gasteiger partial charge in [-0.2, -0.15) is 0 Å². The van der Waals surface area contributed by atoms with Gasteiger partial charge in [0, 0.05) is 11.6 Å². The van der Waals surface area contributed by atoms with Crippen molar-refractivity contribution in [2.24, 2.45) is 0 Å². The average molecular weight is 313 g/mol. The molecule has 1 N–H and O–H groups in total. The Kier molecular flexibility index (Phi) is 3.55. The van der Waals surface area contributed by atoms with Crippen LogP contribution in [0.15, 0.2) is 66.9 Å². The molecule has 1 unspecified atom stereocenters. The first-order valence-electron chi connectivity index (χ1n) is 8.17. The summed E-state index contributed by atoms with van der Waals surface area (Å²) in [7, 11) is 0. The number of nitrogens with zero attached hydrogens (tertiary/aromatic N) is 1. The van der Waals surface area contributed by atoms with Gasteiger partial charge in [0.25, 0.3) is 0 Å². The summed E-state index contributed by atoms with van der Waals surface area (Å²) in [5, 5.41) is 15.4. The van der Waals surface area contributed by atoms with E-state index in [2.05, 4.69) is 49.2 Å². The molecule has 0 saturated carbocycles. The van der Waals surface area contributed by atoms with E-state index in [1.54, 1.807) is 6.20 Å². The lowest BCUT2D eigenvalue weighted by Crippen LogP contribution is -2.04. The van der Waals surface area contributed by atoms with E-state index in [1.165, 1.54) is 11.1 Å². The number of pyridine rings is 1. The van der Waals surface area contributed by atoms with Crippen molar-refractivity contribution in [3.05, 3.63) is 89.2 Å². The Labute approximate surface area is 141 Å². The highest BCUT2D eigenvalue weighted by atomic mass is 16.3. The highest BCUT2D eigenvalue weighted by molar-refractivity contribution is 5.89. The van der Waals surface area contributed by atoms with Gasteiger partial charge in [-0.1, -0.05) is 48.5 Å². The Balaban J connectivity index is 1.95. The van der Waals surface area contributed by atoms with E-state index in [9.17, 15) is 5.11 Å². The van der Waals surface area contributed by atoms with E-state index in [-0.39, 0.29) is 0 Å². The van der Waals surface area contributed by atoms with Gasteiger partial charge in [0.05, 0.1) is 5.69 Å². The van der Waals surface area contributed by atoms with Crippen LogP contribution < -0.4 is 0 Å².